The van der Waals surface area contributed by atoms with Gasteiger partial charge in [0.1, 0.15) is 18.1 Å². The molecule has 3 N–H and O–H groups in total. The third kappa shape index (κ3) is 5.23. The Labute approximate surface area is 192 Å². The molecule has 0 aliphatic rings. The molecule has 0 saturated carbocycles. The lowest BCUT2D eigenvalue weighted by Crippen LogP contribution is -2.30. The molecular weight excluding hydrogens is 416 g/mol. The zero-order chi connectivity index (χ0) is 23.2. The number of rotatable bonds is 9. The van der Waals surface area contributed by atoms with Gasteiger partial charge >= 0.3 is 5.97 Å². The van der Waals surface area contributed by atoms with Crippen molar-refractivity contribution in [3.05, 3.63) is 101 Å². The Kier molecular flexibility index (Phi) is 6.74. The van der Waals surface area contributed by atoms with E-state index >= 15 is 0 Å². The fraction of sp³-hybridized carbons (Fsp3) is 0.185. The van der Waals surface area contributed by atoms with Crippen molar-refractivity contribution in [3.63, 3.8) is 0 Å². The minimum absolute atomic E-state index is 0.0240. The number of ether oxygens (including phenoxy) is 1. The minimum Gasteiger partial charge on any atom is -0.489 e. The van der Waals surface area contributed by atoms with Crippen molar-refractivity contribution in [2.75, 3.05) is 6.54 Å². The summed E-state index contributed by atoms with van der Waals surface area (Å²) in [5, 5.41) is 13.4. The number of carboxylic acids is 1. The molecule has 0 aliphatic carbocycles. The summed E-state index contributed by atoms with van der Waals surface area (Å²) in [6.07, 6.45) is 0.705. The fourth-order valence-corrected chi connectivity index (χ4v) is 3.90. The topological polar surface area (TPSA) is 91.4 Å². The van der Waals surface area contributed by atoms with E-state index in [0.29, 0.717) is 41.8 Å². The molecule has 0 fully saturated rings. The first kappa shape index (κ1) is 22.1. The van der Waals surface area contributed by atoms with Crippen LogP contribution in [0.3, 0.4) is 0 Å². The first-order chi connectivity index (χ1) is 16.0. The SMILES string of the molecule is CC(C(=O)NCCc1ccccc1)c1c(C(=O)O)[nH]c2ccc(OCc3ccccc3)cc12. The van der Waals surface area contributed by atoms with Gasteiger partial charge in [0, 0.05) is 23.0 Å². The number of carbonyl (C=O) groups excluding carboxylic acids is 1. The van der Waals surface area contributed by atoms with E-state index in [9.17, 15) is 14.7 Å². The van der Waals surface area contributed by atoms with Crippen LogP contribution >= 0.6 is 0 Å². The molecule has 0 radical (unpaired) electrons. The van der Waals surface area contributed by atoms with Gasteiger partial charge < -0.3 is 20.1 Å². The van der Waals surface area contributed by atoms with Crippen LogP contribution in [0.5, 0.6) is 5.75 Å². The van der Waals surface area contributed by atoms with Crippen molar-refractivity contribution in [1.29, 1.82) is 0 Å². The average Bonchev–Trinajstić information content (AvgIpc) is 3.22. The number of aromatic carboxylic acids is 1. The lowest BCUT2D eigenvalue weighted by atomic mass is 9.96. The van der Waals surface area contributed by atoms with Gasteiger partial charge in [-0.3, -0.25) is 4.79 Å². The predicted molar refractivity (Wildman–Crippen MR) is 128 cm³/mol. The van der Waals surface area contributed by atoms with E-state index in [2.05, 4.69) is 10.3 Å². The molecule has 3 aromatic carbocycles. The van der Waals surface area contributed by atoms with E-state index < -0.39 is 11.9 Å². The summed E-state index contributed by atoms with van der Waals surface area (Å²) in [6, 6.07) is 25.1. The van der Waals surface area contributed by atoms with Crippen molar-refractivity contribution >= 4 is 22.8 Å². The normalized spacial score (nSPS) is 11.8. The number of carbonyl (C=O) groups is 2. The van der Waals surface area contributed by atoms with Crippen LogP contribution in [0, 0.1) is 0 Å². The second kappa shape index (κ2) is 10.0. The number of amides is 1. The number of benzene rings is 3. The Bertz CT molecular complexity index is 1250. The zero-order valence-corrected chi connectivity index (χ0v) is 18.4. The maximum atomic E-state index is 12.9. The Balaban J connectivity index is 1.54. The molecule has 4 rings (SSSR count). The highest BCUT2D eigenvalue weighted by atomic mass is 16.5. The van der Waals surface area contributed by atoms with Crippen LogP contribution in [0.25, 0.3) is 10.9 Å². The van der Waals surface area contributed by atoms with Crippen LogP contribution in [0.1, 0.15) is 40.0 Å². The smallest absolute Gasteiger partial charge is 0.352 e. The molecule has 6 nitrogen and oxygen atoms in total. The summed E-state index contributed by atoms with van der Waals surface area (Å²) in [6.45, 7) is 2.60. The van der Waals surface area contributed by atoms with Crippen molar-refractivity contribution in [3.8, 4) is 5.75 Å². The first-order valence-electron chi connectivity index (χ1n) is 10.9. The Morgan fingerprint density at radius 1 is 0.970 bits per heavy atom. The van der Waals surface area contributed by atoms with E-state index in [1.807, 2.05) is 60.7 Å². The largest absolute Gasteiger partial charge is 0.489 e. The number of hydrogen-bond donors (Lipinski definition) is 3. The third-order valence-electron chi connectivity index (χ3n) is 5.65. The second-order valence-corrected chi connectivity index (χ2v) is 7.95. The van der Waals surface area contributed by atoms with Gasteiger partial charge in [-0.2, -0.15) is 0 Å². The Morgan fingerprint density at radius 3 is 2.30 bits per heavy atom. The predicted octanol–water partition coefficient (Wildman–Crippen LogP) is 4.91. The van der Waals surface area contributed by atoms with Crippen LogP contribution in [0.15, 0.2) is 78.9 Å². The number of hydrogen-bond acceptors (Lipinski definition) is 3. The molecule has 1 unspecified atom stereocenters. The van der Waals surface area contributed by atoms with E-state index in [4.69, 9.17) is 4.74 Å². The third-order valence-corrected chi connectivity index (χ3v) is 5.65. The summed E-state index contributed by atoms with van der Waals surface area (Å²) in [4.78, 5) is 27.8. The van der Waals surface area contributed by atoms with Crippen LogP contribution in [-0.4, -0.2) is 28.5 Å². The van der Waals surface area contributed by atoms with Crippen molar-refractivity contribution < 1.29 is 19.4 Å². The highest BCUT2D eigenvalue weighted by Gasteiger charge is 2.26. The van der Waals surface area contributed by atoms with Gasteiger partial charge in [0.2, 0.25) is 5.91 Å². The summed E-state index contributed by atoms with van der Waals surface area (Å²) in [5.41, 5.74) is 3.29. The maximum absolute atomic E-state index is 12.9. The highest BCUT2D eigenvalue weighted by molar-refractivity contribution is 6.01. The molecule has 1 heterocycles. The molecule has 1 atom stereocenters. The lowest BCUT2D eigenvalue weighted by molar-refractivity contribution is -0.122. The second-order valence-electron chi connectivity index (χ2n) is 7.95. The zero-order valence-electron chi connectivity index (χ0n) is 18.4. The van der Waals surface area contributed by atoms with Gasteiger partial charge in [-0.25, -0.2) is 4.79 Å². The van der Waals surface area contributed by atoms with Gasteiger partial charge in [0.05, 0.1) is 5.92 Å². The van der Waals surface area contributed by atoms with Crippen LogP contribution in [-0.2, 0) is 17.8 Å². The summed E-state index contributed by atoms with van der Waals surface area (Å²) < 4.78 is 5.92. The number of H-pyrrole nitrogens is 1. The van der Waals surface area contributed by atoms with Crippen molar-refractivity contribution in [1.82, 2.24) is 10.3 Å². The summed E-state index contributed by atoms with van der Waals surface area (Å²) in [7, 11) is 0. The summed E-state index contributed by atoms with van der Waals surface area (Å²) >= 11 is 0. The molecule has 1 amide bonds. The van der Waals surface area contributed by atoms with Gasteiger partial charge in [0.15, 0.2) is 0 Å². The fourth-order valence-electron chi connectivity index (χ4n) is 3.90. The Morgan fingerprint density at radius 2 is 1.64 bits per heavy atom. The molecule has 33 heavy (non-hydrogen) atoms. The molecule has 6 heteroatoms. The molecule has 0 saturated heterocycles. The van der Waals surface area contributed by atoms with Gasteiger partial charge in [-0.1, -0.05) is 60.7 Å². The molecule has 4 aromatic rings. The van der Waals surface area contributed by atoms with Gasteiger partial charge in [-0.05, 0) is 42.7 Å². The lowest BCUT2D eigenvalue weighted by Gasteiger charge is -2.14. The van der Waals surface area contributed by atoms with E-state index in [-0.39, 0.29) is 11.6 Å². The van der Waals surface area contributed by atoms with E-state index in [1.54, 1.807) is 25.1 Å². The van der Waals surface area contributed by atoms with Crippen molar-refractivity contribution in [2.24, 2.45) is 0 Å². The first-order valence-corrected chi connectivity index (χ1v) is 10.9. The molecule has 0 aliphatic heterocycles. The molecule has 1 aromatic heterocycles. The van der Waals surface area contributed by atoms with Crippen LogP contribution in [0.2, 0.25) is 0 Å². The number of fused-ring (bicyclic) bond motifs is 1. The van der Waals surface area contributed by atoms with Gasteiger partial charge in [-0.15, -0.1) is 0 Å². The minimum atomic E-state index is -1.10. The van der Waals surface area contributed by atoms with E-state index in [0.717, 1.165) is 11.1 Å². The summed E-state index contributed by atoms with van der Waals surface area (Å²) in [5.74, 6) is -1.35. The number of aromatic nitrogens is 1. The Hall–Kier alpha value is -4.06. The molecule has 0 spiro atoms. The number of nitrogens with one attached hydrogen (secondary N) is 2. The number of carboxylic acid groups (broad SMARTS) is 1. The van der Waals surface area contributed by atoms with Crippen molar-refractivity contribution in [2.45, 2.75) is 25.9 Å². The molecular formula is C27H26N2O4. The molecule has 168 valence electrons. The molecule has 0 bridgehead atoms. The van der Waals surface area contributed by atoms with E-state index in [1.165, 1.54) is 0 Å². The quantitative estimate of drug-likeness (QED) is 0.344. The highest BCUT2D eigenvalue weighted by Crippen LogP contribution is 2.32. The number of aromatic amines is 1. The van der Waals surface area contributed by atoms with Crippen LogP contribution < -0.4 is 10.1 Å². The average molecular weight is 443 g/mol. The monoisotopic (exact) mass is 442 g/mol. The van der Waals surface area contributed by atoms with Crippen LogP contribution in [0.4, 0.5) is 0 Å². The maximum Gasteiger partial charge on any atom is 0.352 e. The standard InChI is InChI=1S/C27H26N2O4/c1-18(26(30)28-15-14-19-8-4-2-5-9-19)24-22-16-21(33-17-20-10-6-3-7-11-20)12-13-23(22)29-25(24)27(31)32/h2-13,16,18,29H,14-15,17H2,1H3,(H,28,30)(H,31,32). The van der Waals surface area contributed by atoms with Gasteiger partial charge in [0.25, 0.3) is 0 Å².